The molecule has 0 radical (unpaired) electrons. The van der Waals surface area contributed by atoms with E-state index < -0.39 is 6.10 Å². The van der Waals surface area contributed by atoms with E-state index in [0.29, 0.717) is 17.2 Å². The number of carbonyl (C=O) groups excluding carboxylic acids is 2. The molecule has 0 spiro atoms. The van der Waals surface area contributed by atoms with Gasteiger partial charge in [-0.2, -0.15) is 0 Å². The number of anilines is 1. The number of fused-ring (bicyclic) bond motifs is 1. The standard InChI is InChI=1S/C18H17BrN2O4/c19-12-5-7-13(8-6-12)21-17(22)9-10-20-18(23)16-11-24-14-3-1-2-4-15(14)25-16/h1-8,16H,9-11H2,(H,20,23)(H,21,22). The fourth-order valence-corrected chi connectivity index (χ4v) is 2.58. The second-order valence-corrected chi connectivity index (χ2v) is 6.38. The van der Waals surface area contributed by atoms with Crippen molar-refractivity contribution in [2.75, 3.05) is 18.5 Å². The lowest BCUT2D eigenvalue weighted by molar-refractivity contribution is -0.130. The van der Waals surface area contributed by atoms with E-state index in [9.17, 15) is 9.59 Å². The Bertz CT molecular complexity index is 764. The summed E-state index contributed by atoms with van der Waals surface area (Å²) < 4.78 is 12.1. The van der Waals surface area contributed by atoms with E-state index in [-0.39, 0.29) is 31.4 Å². The minimum Gasteiger partial charge on any atom is -0.485 e. The average molecular weight is 405 g/mol. The molecule has 1 aliphatic heterocycles. The highest BCUT2D eigenvalue weighted by molar-refractivity contribution is 9.10. The predicted molar refractivity (Wildman–Crippen MR) is 96.8 cm³/mol. The Hall–Kier alpha value is -2.54. The van der Waals surface area contributed by atoms with Crippen LogP contribution in [0.25, 0.3) is 0 Å². The number of hydrogen-bond acceptors (Lipinski definition) is 4. The lowest BCUT2D eigenvalue weighted by Gasteiger charge is -2.25. The van der Waals surface area contributed by atoms with Crippen LogP contribution in [0.1, 0.15) is 6.42 Å². The molecule has 0 aromatic heterocycles. The number of amides is 2. The molecule has 25 heavy (non-hydrogen) atoms. The number of para-hydroxylation sites is 2. The molecule has 0 saturated carbocycles. The summed E-state index contributed by atoms with van der Waals surface area (Å²) in [5.74, 6) is 0.696. The van der Waals surface area contributed by atoms with Gasteiger partial charge in [-0.1, -0.05) is 28.1 Å². The number of rotatable bonds is 5. The van der Waals surface area contributed by atoms with Gasteiger partial charge in [0.05, 0.1) is 0 Å². The Labute approximate surface area is 153 Å². The van der Waals surface area contributed by atoms with Crippen molar-refractivity contribution >= 4 is 33.4 Å². The van der Waals surface area contributed by atoms with Gasteiger partial charge in [0.25, 0.3) is 5.91 Å². The van der Waals surface area contributed by atoms with Crippen LogP contribution in [0.5, 0.6) is 11.5 Å². The molecule has 0 fully saturated rings. The molecule has 6 nitrogen and oxygen atoms in total. The molecule has 1 atom stereocenters. The molecule has 0 aliphatic carbocycles. The van der Waals surface area contributed by atoms with Crippen molar-refractivity contribution in [1.29, 1.82) is 0 Å². The van der Waals surface area contributed by atoms with Crippen LogP contribution in [0.15, 0.2) is 53.0 Å². The van der Waals surface area contributed by atoms with E-state index in [4.69, 9.17) is 9.47 Å². The largest absolute Gasteiger partial charge is 0.485 e. The van der Waals surface area contributed by atoms with Gasteiger partial charge in [0.2, 0.25) is 12.0 Å². The van der Waals surface area contributed by atoms with Gasteiger partial charge in [0.15, 0.2) is 11.5 Å². The third kappa shape index (κ3) is 4.73. The van der Waals surface area contributed by atoms with Crippen LogP contribution < -0.4 is 20.1 Å². The van der Waals surface area contributed by atoms with E-state index >= 15 is 0 Å². The van der Waals surface area contributed by atoms with Crippen molar-refractivity contribution in [1.82, 2.24) is 5.32 Å². The van der Waals surface area contributed by atoms with Crippen LogP contribution in [-0.4, -0.2) is 31.1 Å². The normalized spacial score (nSPS) is 15.3. The zero-order valence-corrected chi connectivity index (χ0v) is 14.9. The highest BCUT2D eigenvalue weighted by Crippen LogP contribution is 2.30. The van der Waals surface area contributed by atoms with Gasteiger partial charge in [-0.05, 0) is 36.4 Å². The molecule has 3 rings (SSSR count). The lowest BCUT2D eigenvalue weighted by atomic mass is 10.2. The Kier molecular flexibility index (Phi) is 5.55. The molecule has 0 bridgehead atoms. The molecule has 1 heterocycles. The summed E-state index contributed by atoms with van der Waals surface area (Å²) in [6.07, 6.45) is -0.546. The Morgan fingerprint density at radius 1 is 1.08 bits per heavy atom. The number of benzene rings is 2. The van der Waals surface area contributed by atoms with E-state index in [1.54, 1.807) is 24.3 Å². The first-order valence-corrected chi connectivity index (χ1v) is 8.63. The summed E-state index contributed by atoms with van der Waals surface area (Å²) in [5.41, 5.74) is 0.708. The van der Waals surface area contributed by atoms with Crippen molar-refractivity contribution in [2.24, 2.45) is 0 Å². The number of hydrogen-bond donors (Lipinski definition) is 2. The number of carbonyl (C=O) groups is 2. The lowest BCUT2D eigenvalue weighted by Crippen LogP contribution is -2.44. The molecular weight excluding hydrogens is 388 g/mol. The molecule has 2 aromatic rings. The smallest absolute Gasteiger partial charge is 0.264 e. The van der Waals surface area contributed by atoms with Gasteiger partial charge in [0.1, 0.15) is 6.61 Å². The van der Waals surface area contributed by atoms with Gasteiger partial charge in [-0.3, -0.25) is 9.59 Å². The van der Waals surface area contributed by atoms with Crippen molar-refractivity contribution < 1.29 is 19.1 Å². The first kappa shape index (κ1) is 17.3. The SMILES string of the molecule is O=C(CCNC(=O)C1COc2ccccc2O1)Nc1ccc(Br)cc1. The van der Waals surface area contributed by atoms with Crippen molar-refractivity contribution in [3.05, 3.63) is 53.0 Å². The van der Waals surface area contributed by atoms with Crippen molar-refractivity contribution in [3.8, 4) is 11.5 Å². The van der Waals surface area contributed by atoms with Gasteiger partial charge >= 0.3 is 0 Å². The van der Waals surface area contributed by atoms with E-state index in [1.165, 1.54) is 0 Å². The number of ether oxygens (including phenoxy) is 2. The summed E-state index contributed by atoms with van der Waals surface area (Å²) in [7, 11) is 0. The van der Waals surface area contributed by atoms with E-state index in [0.717, 1.165) is 4.47 Å². The van der Waals surface area contributed by atoms with Gasteiger partial charge in [-0.25, -0.2) is 0 Å². The highest BCUT2D eigenvalue weighted by atomic mass is 79.9. The maximum Gasteiger partial charge on any atom is 0.264 e. The van der Waals surface area contributed by atoms with E-state index in [2.05, 4.69) is 26.6 Å². The molecule has 2 amide bonds. The summed E-state index contributed by atoms with van der Waals surface area (Å²) in [5, 5.41) is 5.47. The maximum absolute atomic E-state index is 12.1. The predicted octanol–water partition coefficient (Wildman–Crippen LogP) is 2.73. The molecule has 1 aliphatic rings. The monoisotopic (exact) mass is 404 g/mol. The molecule has 2 aromatic carbocycles. The highest BCUT2D eigenvalue weighted by Gasteiger charge is 2.26. The van der Waals surface area contributed by atoms with Crippen LogP contribution >= 0.6 is 15.9 Å². The molecule has 1 unspecified atom stereocenters. The van der Waals surface area contributed by atoms with Crippen LogP contribution in [0.4, 0.5) is 5.69 Å². The average Bonchev–Trinajstić information content (AvgIpc) is 2.63. The topological polar surface area (TPSA) is 76.7 Å². The molecule has 0 saturated heterocycles. The quantitative estimate of drug-likeness (QED) is 0.802. The summed E-state index contributed by atoms with van der Waals surface area (Å²) in [4.78, 5) is 24.0. The van der Waals surface area contributed by atoms with Gasteiger partial charge in [0, 0.05) is 23.1 Å². The number of halogens is 1. The third-order valence-corrected chi connectivity index (χ3v) is 4.11. The van der Waals surface area contributed by atoms with Crippen molar-refractivity contribution in [2.45, 2.75) is 12.5 Å². The zero-order chi connectivity index (χ0) is 17.6. The fraction of sp³-hybridized carbons (Fsp3) is 0.222. The van der Waals surface area contributed by atoms with Crippen LogP contribution in [-0.2, 0) is 9.59 Å². The first-order valence-electron chi connectivity index (χ1n) is 7.83. The van der Waals surface area contributed by atoms with Crippen molar-refractivity contribution in [3.63, 3.8) is 0 Å². The number of nitrogens with one attached hydrogen (secondary N) is 2. The minimum atomic E-state index is -0.718. The van der Waals surface area contributed by atoms with Gasteiger partial charge < -0.3 is 20.1 Å². The second-order valence-electron chi connectivity index (χ2n) is 5.46. The zero-order valence-electron chi connectivity index (χ0n) is 13.3. The van der Waals surface area contributed by atoms with Crippen LogP contribution in [0.3, 0.4) is 0 Å². The third-order valence-electron chi connectivity index (χ3n) is 3.58. The first-order chi connectivity index (χ1) is 12.1. The minimum absolute atomic E-state index is 0.147. The second kappa shape index (κ2) is 8.02. The fourth-order valence-electron chi connectivity index (χ4n) is 2.32. The molecule has 7 heteroatoms. The summed E-state index contributed by atoms with van der Waals surface area (Å²) >= 11 is 3.34. The molecule has 2 N–H and O–H groups in total. The summed E-state index contributed by atoms with van der Waals surface area (Å²) in [6.45, 7) is 0.372. The van der Waals surface area contributed by atoms with Crippen LogP contribution in [0, 0.1) is 0 Å². The Morgan fingerprint density at radius 2 is 1.80 bits per heavy atom. The summed E-state index contributed by atoms with van der Waals surface area (Å²) in [6, 6.07) is 14.5. The Morgan fingerprint density at radius 3 is 2.56 bits per heavy atom. The maximum atomic E-state index is 12.1. The van der Waals surface area contributed by atoms with Crippen LogP contribution in [0.2, 0.25) is 0 Å². The van der Waals surface area contributed by atoms with Gasteiger partial charge in [-0.15, -0.1) is 0 Å². The Balaban J connectivity index is 1.42. The molecule has 130 valence electrons. The molecular formula is C18H17BrN2O4. The van der Waals surface area contributed by atoms with E-state index in [1.807, 2.05) is 24.3 Å².